The summed E-state index contributed by atoms with van der Waals surface area (Å²) in [6, 6.07) is 20.9. The molecule has 0 spiro atoms. The second-order valence-electron chi connectivity index (χ2n) is 7.07. The second kappa shape index (κ2) is 7.80. The van der Waals surface area contributed by atoms with Gasteiger partial charge in [0.15, 0.2) is 0 Å². The summed E-state index contributed by atoms with van der Waals surface area (Å²) < 4.78 is 36.1. The van der Waals surface area contributed by atoms with Crippen molar-refractivity contribution in [2.45, 2.75) is 25.2 Å². The Morgan fingerprint density at radius 1 is 0.833 bits per heavy atom. The van der Waals surface area contributed by atoms with Crippen molar-refractivity contribution in [3.63, 3.8) is 0 Å². The first-order valence-electron chi connectivity index (χ1n) is 9.46. The monoisotopic (exact) mass is 420 g/mol. The molecule has 0 bridgehead atoms. The van der Waals surface area contributed by atoms with E-state index >= 15 is 0 Å². The van der Waals surface area contributed by atoms with Crippen LogP contribution in [0.4, 0.5) is 0 Å². The van der Waals surface area contributed by atoms with Crippen LogP contribution in [0.15, 0.2) is 86.9 Å². The van der Waals surface area contributed by atoms with Gasteiger partial charge in [-0.25, -0.2) is 4.79 Å². The first-order chi connectivity index (χ1) is 14.4. The van der Waals surface area contributed by atoms with Crippen LogP contribution in [0, 0.1) is 13.8 Å². The standard InChI is InChI=1S/C24H20O5S/c1-16-20-13-14-22(29-30(26,27)19-11-7-4-8-12-19)17(2)23(20)28-24(25)21(16)15-18-9-5-3-6-10-18/h3-14H,15H2,1-2H3. The van der Waals surface area contributed by atoms with E-state index in [2.05, 4.69) is 0 Å². The third-order valence-corrected chi connectivity index (χ3v) is 6.36. The highest BCUT2D eigenvalue weighted by molar-refractivity contribution is 7.87. The number of aryl methyl sites for hydroxylation is 2. The minimum atomic E-state index is -3.99. The van der Waals surface area contributed by atoms with Gasteiger partial charge in [-0.05, 0) is 49.2 Å². The van der Waals surface area contributed by atoms with Crippen LogP contribution in [-0.2, 0) is 16.5 Å². The first kappa shape index (κ1) is 19.9. The molecule has 0 aliphatic carbocycles. The van der Waals surface area contributed by atoms with Crippen molar-refractivity contribution in [2.75, 3.05) is 0 Å². The molecule has 0 unspecified atom stereocenters. The fourth-order valence-corrected chi connectivity index (χ4v) is 4.42. The van der Waals surface area contributed by atoms with Crippen LogP contribution in [0.5, 0.6) is 5.75 Å². The average molecular weight is 420 g/mol. The molecule has 1 heterocycles. The number of benzene rings is 3. The van der Waals surface area contributed by atoms with E-state index in [1.165, 1.54) is 12.1 Å². The number of rotatable bonds is 5. The summed E-state index contributed by atoms with van der Waals surface area (Å²) in [6.07, 6.45) is 0.463. The third kappa shape index (κ3) is 3.74. The summed E-state index contributed by atoms with van der Waals surface area (Å²) in [7, 11) is -3.99. The number of fused-ring (bicyclic) bond motifs is 1. The maximum atomic E-state index is 12.7. The van der Waals surface area contributed by atoms with Crippen molar-refractivity contribution in [2.24, 2.45) is 0 Å². The molecule has 152 valence electrons. The van der Waals surface area contributed by atoms with E-state index in [1.807, 2.05) is 37.3 Å². The zero-order valence-corrected chi connectivity index (χ0v) is 17.4. The molecule has 3 aromatic carbocycles. The van der Waals surface area contributed by atoms with Gasteiger partial charge in [-0.3, -0.25) is 0 Å². The molecule has 1 aromatic heterocycles. The molecule has 0 aliphatic rings. The molecule has 4 aromatic rings. The molecule has 0 radical (unpaired) electrons. The predicted molar refractivity (Wildman–Crippen MR) is 115 cm³/mol. The zero-order chi connectivity index (χ0) is 21.3. The van der Waals surface area contributed by atoms with Crippen molar-refractivity contribution < 1.29 is 17.0 Å². The van der Waals surface area contributed by atoms with E-state index in [0.717, 1.165) is 16.5 Å². The van der Waals surface area contributed by atoms with E-state index in [0.29, 0.717) is 23.1 Å². The highest BCUT2D eigenvalue weighted by Gasteiger charge is 2.20. The van der Waals surface area contributed by atoms with Crippen molar-refractivity contribution in [1.29, 1.82) is 0 Å². The zero-order valence-electron chi connectivity index (χ0n) is 16.6. The molecule has 0 saturated carbocycles. The highest BCUT2D eigenvalue weighted by atomic mass is 32.2. The van der Waals surface area contributed by atoms with Crippen molar-refractivity contribution >= 4 is 21.1 Å². The summed E-state index contributed by atoms with van der Waals surface area (Å²) in [4.78, 5) is 12.8. The lowest BCUT2D eigenvalue weighted by atomic mass is 9.98. The smallest absolute Gasteiger partial charge is 0.340 e. The summed E-state index contributed by atoms with van der Waals surface area (Å²) in [5.74, 6) is 0.129. The van der Waals surface area contributed by atoms with Crippen molar-refractivity contribution in [1.82, 2.24) is 0 Å². The molecular formula is C24H20O5S. The first-order valence-corrected chi connectivity index (χ1v) is 10.9. The van der Waals surface area contributed by atoms with E-state index < -0.39 is 15.7 Å². The van der Waals surface area contributed by atoms with Gasteiger partial charge in [-0.15, -0.1) is 0 Å². The normalized spacial score (nSPS) is 11.5. The molecule has 6 heteroatoms. The molecular weight excluding hydrogens is 400 g/mol. The Balaban J connectivity index is 1.77. The van der Waals surface area contributed by atoms with Gasteiger partial charge in [0, 0.05) is 22.9 Å². The lowest BCUT2D eigenvalue weighted by Crippen LogP contribution is -2.13. The summed E-state index contributed by atoms with van der Waals surface area (Å²) in [5.41, 5.74) is 2.76. The molecule has 5 nitrogen and oxygen atoms in total. The van der Waals surface area contributed by atoms with Crippen LogP contribution in [0.1, 0.15) is 22.3 Å². The van der Waals surface area contributed by atoms with Gasteiger partial charge in [0.1, 0.15) is 16.2 Å². The number of hydrogen-bond donors (Lipinski definition) is 0. The Bertz CT molecular complexity index is 1370. The van der Waals surface area contributed by atoms with Crippen molar-refractivity contribution in [3.8, 4) is 5.75 Å². The van der Waals surface area contributed by atoms with Gasteiger partial charge in [0.25, 0.3) is 0 Å². The topological polar surface area (TPSA) is 73.6 Å². The van der Waals surface area contributed by atoms with Gasteiger partial charge in [-0.2, -0.15) is 8.42 Å². The lowest BCUT2D eigenvalue weighted by Gasteiger charge is -2.13. The average Bonchev–Trinajstić information content (AvgIpc) is 2.75. The molecule has 0 amide bonds. The van der Waals surface area contributed by atoms with E-state index in [9.17, 15) is 13.2 Å². The molecule has 0 atom stereocenters. The minimum absolute atomic E-state index is 0.0559. The Hall–Kier alpha value is -3.38. The minimum Gasteiger partial charge on any atom is -0.422 e. The Morgan fingerprint density at radius 3 is 2.13 bits per heavy atom. The van der Waals surface area contributed by atoms with Crippen LogP contribution in [0.2, 0.25) is 0 Å². The second-order valence-corrected chi connectivity index (χ2v) is 8.62. The SMILES string of the molecule is Cc1c(Cc2ccccc2)c(=O)oc2c(C)c(OS(=O)(=O)c3ccccc3)ccc12. The van der Waals surface area contributed by atoms with Crippen LogP contribution >= 0.6 is 0 Å². The highest BCUT2D eigenvalue weighted by Crippen LogP contribution is 2.31. The third-order valence-electron chi connectivity index (χ3n) is 5.11. The van der Waals surface area contributed by atoms with E-state index in [4.69, 9.17) is 8.60 Å². The summed E-state index contributed by atoms with van der Waals surface area (Å²) >= 11 is 0. The predicted octanol–water partition coefficient (Wildman–Crippen LogP) is 4.77. The Labute approximate surface area is 174 Å². The molecule has 30 heavy (non-hydrogen) atoms. The maximum absolute atomic E-state index is 12.7. The van der Waals surface area contributed by atoms with Crippen LogP contribution in [0.3, 0.4) is 0 Å². The summed E-state index contributed by atoms with van der Waals surface area (Å²) in [5, 5.41) is 0.752. The molecule has 0 saturated heterocycles. The van der Waals surface area contributed by atoms with E-state index in [-0.39, 0.29) is 10.6 Å². The largest absolute Gasteiger partial charge is 0.422 e. The van der Waals surface area contributed by atoms with Crippen molar-refractivity contribution in [3.05, 3.63) is 105 Å². The molecule has 0 aliphatic heterocycles. The molecule has 0 fully saturated rings. The fraction of sp³-hybridized carbons (Fsp3) is 0.125. The maximum Gasteiger partial charge on any atom is 0.340 e. The molecule has 4 rings (SSSR count). The quantitative estimate of drug-likeness (QED) is 0.344. The van der Waals surface area contributed by atoms with Gasteiger partial charge in [-0.1, -0.05) is 48.5 Å². The van der Waals surface area contributed by atoms with Gasteiger partial charge >= 0.3 is 15.7 Å². The summed E-state index contributed by atoms with van der Waals surface area (Å²) in [6.45, 7) is 3.55. The van der Waals surface area contributed by atoms with Crippen LogP contribution in [-0.4, -0.2) is 8.42 Å². The van der Waals surface area contributed by atoms with Gasteiger partial charge in [0.05, 0.1) is 0 Å². The van der Waals surface area contributed by atoms with Crippen LogP contribution in [0.25, 0.3) is 11.0 Å². The van der Waals surface area contributed by atoms with Crippen LogP contribution < -0.4 is 9.81 Å². The lowest BCUT2D eigenvalue weighted by molar-refractivity contribution is 0.482. The molecule has 0 N–H and O–H groups in total. The number of hydrogen-bond acceptors (Lipinski definition) is 5. The van der Waals surface area contributed by atoms with E-state index in [1.54, 1.807) is 37.3 Å². The van der Waals surface area contributed by atoms with Gasteiger partial charge in [0.2, 0.25) is 0 Å². The fourth-order valence-electron chi connectivity index (χ4n) is 3.42. The Morgan fingerprint density at radius 2 is 1.47 bits per heavy atom. The Kier molecular flexibility index (Phi) is 5.18. The van der Waals surface area contributed by atoms with Gasteiger partial charge < -0.3 is 8.60 Å².